The largest absolute Gasteiger partial charge is 0.336 e. The smallest absolute Gasteiger partial charge is 0.0850 e. The van der Waals surface area contributed by atoms with Crippen LogP contribution in [0.4, 0.5) is 0 Å². The van der Waals surface area contributed by atoms with Crippen LogP contribution in [0.2, 0.25) is 0 Å². The Hall–Kier alpha value is -2.03. The molecule has 3 nitrogen and oxygen atoms in total. The number of rotatable bonds is 1. The van der Waals surface area contributed by atoms with Crippen LogP contribution in [-0.2, 0) is 12.8 Å². The van der Waals surface area contributed by atoms with Crippen molar-refractivity contribution in [3.05, 3.63) is 41.6 Å². The molecule has 0 spiro atoms. The molecule has 3 heteroatoms. The van der Waals surface area contributed by atoms with Crippen LogP contribution in [0.3, 0.4) is 0 Å². The van der Waals surface area contributed by atoms with Crippen molar-refractivity contribution in [3.63, 3.8) is 0 Å². The number of aromatic nitrogens is 3. The number of aryl methyl sites for hydroxylation is 2. The number of nitrogens with zero attached hydrogens (tertiary/aromatic N) is 2. The number of fused-ring (bicyclic) bond motifs is 5. The summed E-state index contributed by atoms with van der Waals surface area (Å²) in [5.74, 6) is 0. The summed E-state index contributed by atoms with van der Waals surface area (Å²) in [6, 6.07) is 9.18. The Balaban J connectivity index is 2.17. The Labute approximate surface area is 112 Å². The van der Waals surface area contributed by atoms with Gasteiger partial charge in [-0.15, -0.1) is 0 Å². The average Bonchev–Trinajstić information content (AvgIpc) is 3.00. The summed E-state index contributed by atoms with van der Waals surface area (Å²) in [5, 5.41) is 8.83. The van der Waals surface area contributed by atoms with Crippen molar-refractivity contribution in [2.24, 2.45) is 0 Å². The van der Waals surface area contributed by atoms with E-state index in [1.165, 1.54) is 33.4 Å². The van der Waals surface area contributed by atoms with Gasteiger partial charge in [0.25, 0.3) is 0 Å². The summed E-state index contributed by atoms with van der Waals surface area (Å²) in [6.07, 6.45) is 4.17. The molecule has 1 aliphatic rings. The van der Waals surface area contributed by atoms with Gasteiger partial charge in [-0.1, -0.05) is 18.2 Å². The first-order chi connectivity index (χ1) is 9.27. The number of aromatic amines is 1. The number of benzene rings is 1. The van der Waals surface area contributed by atoms with Gasteiger partial charge in [0.05, 0.1) is 17.6 Å². The third kappa shape index (κ3) is 1.35. The molecule has 1 N–H and O–H groups in total. The molecule has 0 aliphatic heterocycles. The van der Waals surface area contributed by atoms with Gasteiger partial charge in [0.1, 0.15) is 0 Å². The molecule has 0 bridgehead atoms. The summed E-state index contributed by atoms with van der Waals surface area (Å²) in [4.78, 5) is 0. The van der Waals surface area contributed by atoms with Gasteiger partial charge >= 0.3 is 0 Å². The van der Waals surface area contributed by atoms with Gasteiger partial charge in [-0.05, 0) is 43.9 Å². The maximum atomic E-state index is 4.23. The Morgan fingerprint density at radius 1 is 1.21 bits per heavy atom. The van der Waals surface area contributed by atoms with E-state index in [9.17, 15) is 0 Å². The van der Waals surface area contributed by atoms with E-state index >= 15 is 0 Å². The quantitative estimate of drug-likeness (QED) is 0.702. The van der Waals surface area contributed by atoms with Crippen molar-refractivity contribution in [2.75, 3.05) is 0 Å². The standard InChI is InChI=1S/C16H17N3/c1-10(2)19-14-6-4-3-5-12(14)13-8-7-11-9-17-18-15(11)16(13)19/h3-6,9-10H,7-8H2,1-2H3,(H,17,18). The maximum absolute atomic E-state index is 4.23. The highest BCUT2D eigenvalue weighted by molar-refractivity contribution is 5.92. The molecule has 19 heavy (non-hydrogen) atoms. The van der Waals surface area contributed by atoms with Crippen LogP contribution in [0.1, 0.15) is 31.0 Å². The van der Waals surface area contributed by atoms with Gasteiger partial charge in [0.15, 0.2) is 0 Å². The van der Waals surface area contributed by atoms with Gasteiger partial charge < -0.3 is 4.57 Å². The lowest BCUT2D eigenvalue weighted by Crippen LogP contribution is -2.08. The molecular weight excluding hydrogens is 234 g/mol. The molecule has 0 saturated carbocycles. The maximum Gasteiger partial charge on any atom is 0.0850 e. The van der Waals surface area contributed by atoms with E-state index in [1.807, 2.05) is 6.20 Å². The van der Waals surface area contributed by atoms with Crippen molar-refractivity contribution in [1.29, 1.82) is 0 Å². The molecule has 2 heterocycles. The van der Waals surface area contributed by atoms with Crippen LogP contribution in [0.15, 0.2) is 30.5 Å². The number of H-pyrrole nitrogens is 1. The van der Waals surface area contributed by atoms with E-state index in [1.54, 1.807) is 0 Å². The first-order valence-corrected chi connectivity index (χ1v) is 6.92. The molecule has 2 aromatic heterocycles. The summed E-state index contributed by atoms with van der Waals surface area (Å²) < 4.78 is 2.45. The van der Waals surface area contributed by atoms with Crippen LogP contribution >= 0.6 is 0 Å². The highest BCUT2D eigenvalue weighted by Gasteiger charge is 2.26. The minimum Gasteiger partial charge on any atom is -0.336 e. The third-order valence-corrected chi connectivity index (χ3v) is 4.13. The monoisotopic (exact) mass is 251 g/mol. The zero-order chi connectivity index (χ0) is 13.0. The first-order valence-electron chi connectivity index (χ1n) is 6.92. The molecule has 3 aromatic rings. The number of nitrogens with one attached hydrogen (secondary N) is 1. The average molecular weight is 251 g/mol. The summed E-state index contributed by atoms with van der Waals surface area (Å²) >= 11 is 0. The number of para-hydroxylation sites is 1. The van der Waals surface area contributed by atoms with Crippen LogP contribution in [0, 0.1) is 0 Å². The number of hydrogen-bond acceptors (Lipinski definition) is 1. The van der Waals surface area contributed by atoms with E-state index < -0.39 is 0 Å². The number of hydrogen-bond donors (Lipinski definition) is 1. The van der Waals surface area contributed by atoms with Crippen molar-refractivity contribution < 1.29 is 0 Å². The molecule has 0 saturated heterocycles. The van der Waals surface area contributed by atoms with Crippen LogP contribution in [0.25, 0.3) is 22.3 Å². The molecule has 96 valence electrons. The second-order valence-electron chi connectivity index (χ2n) is 5.58. The molecule has 0 radical (unpaired) electrons. The second kappa shape index (κ2) is 3.73. The summed E-state index contributed by atoms with van der Waals surface area (Å²) in [5.41, 5.74) is 6.71. The topological polar surface area (TPSA) is 33.6 Å². The minimum atomic E-state index is 0.447. The van der Waals surface area contributed by atoms with E-state index in [0.29, 0.717) is 6.04 Å². The summed E-state index contributed by atoms with van der Waals surface area (Å²) in [7, 11) is 0. The molecule has 0 amide bonds. The molecule has 4 rings (SSSR count). The lowest BCUT2D eigenvalue weighted by molar-refractivity contribution is 0.623. The van der Waals surface area contributed by atoms with Crippen LogP contribution in [0.5, 0.6) is 0 Å². The fourth-order valence-corrected chi connectivity index (χ4v) is 3.36. The lowest BCUT2D eigenvalue weighted by atomic mass is 9.94. The zero-order valence-electron chi connectivity index (χ0n) is 11.3. The zero-order valence-corrected chi connectivity index (χ0v) is 11.3. The Morgan fingerprint density at radius 2 is 2.05 bits per heavy atom. The highest BCUT2D eigenvalue weighted by atomic mass is 15.1. The van der Waals surface area contributed by atoms with Crippen LogP contribution in [-0.4, -0.2) is 14.8 Å². The second-order valence-corrected chi connectivity index (χ2v) is 5.58. The van der Waals surface area contributed by atoms with E-state index in [0.717, 1.165) is 12.8 Å². The van der Waals surface area contributed by atoms with Crippen molar-refractivity contribution in [1.82, 2.24) is 14.8 Å². The minimum absolute atomic E-state index is 0.447. The van der Waals surface area contributed by atoms with Crippen molar-refractivity contribution in [2.45, 2.75) is 32.7 Å². The molecule has 0 atom stereocenters. The third-order valence-electron chi connectivity index (χ3n) is 4.13. The van der Waals surface area contributed by atoms with Gasteiger partial charge in [-0.2, -0.15) is 5.10 Å². The molecule has 0 fully saturated rings. The Kier molecular flexibility index (Phi) is 2.13. The first kappa shape index (κ1) is 10.9. The van der Waals surface area contributed by atoms with Gasteiger partial charge in [-0.25, -0.2) is 0 Å². The fraction of sp³-hybridized carbons (Fsp3) is 0.312. The normalized spacial score (nSPS) is 13.8. The molecule has 0 unspecified atom stereocenters. The Bertz CT molecular complexity index is 761. The van der Waals surface area contributed by atoms with Gasteiger partial charge in [-0.3, -0.25) is 5.10 Å². The van der Waals surface area contributed by atoms with Crippen LogP contribution < -0.4 is 0 Å². The Morgan fingerprint density at radius 3 is 2.89 bits per heavy atom. The van der Waals surface area contributed by atoms with E-state index in [4.69, 9.17) is 0 Å². The van der Waals surface area contributed by atoms with E-state index in [-0.39, 0.29) is 0 Å². The predicted octanol–water partition coefficient (Wildman–Crippen LogP) is 3.71. The van der Waals surface area contributed by atoms with Gasteiger partial charge in [0, 0.05) is 16.9 Å². The predicted molar refractivity (Wildman–Crippen MR) is 77.3 cm³/mol. The highest BCUT2D eigenvalue weighted by Crippen LogP contribution is 2.40. The van der Waals surface area contributed by atoms with Gasteiger partial charge in [0.2, 0.25) is 0 Å². The lowest BCUT2D eigenvalue weighted by Gasteiger charge is -2.18. The summed E-state index contributed by atoms with van der Waals surface area (Å²) in [6.45, 7) is 4.49. The fourth-order valence-electron chi connectivity index (χ4n) is 3.36. The molecular formula is C16H17N3. The SMILES string of the molecule is CC(C)n1c2c(c3ccccc31)CCc1cn[nH]c1-2. The van der Waals surface area contributed by atoms with E-state index in [2.05, 4.69) is 52.9 Å². The van der Waals surface area contributed by atoms with Crippen molar-refractivity contribution in [3.8, 4) is 11.4 Å². The molecule has 1 aliphatic carbocycles. The van der Waals surface area contributed by atoms with Crippen molar-refractivity contribution >= 4 is 10.9 Å². The molecule has 1 aromatic carbocycles.